The zero-order chi connectivity index (χ0) is 21.9. The van der Waals surface area contributed by atoms with E-state index >= 15 is 0 Å². The molecule has 1 heterocycles. The summed E-state index contributed by atoms with van der Waals surface area (Å²) in [6.07, 6.45) is 2.62. The molecule has 162 valence electrons. The molecule has 2 aromatic rings. The van der Waals surface area contributed by atoms with Crippen LogP contribution >= 0.6 is 0 Å². The maximum atomic E-state index is 13.0. The molecule has 0 spiro atoms. The summed E-state index contributed by atoms with van der Waals surface area (Å²) in [4.78, 5) is 11.5. The van der Waals surface area contributed by atoms with Gasteiger partial charge in [-0.3, -0.25) is 4.72 Å². The van der Waals surface area contributed by atoms with Crippen molar-refractivity contribution in [3.8, 4) is 0 Å². The number of anilines is 1. The number of carbonyl (C=O) groups excluding carboxylic acids is 1. The highest BCUT2D eigenvalue weighted by molar-refractivity contribution is 7.92. The quantitative estimate of drug-likeness (QED) is 0.675. The molecule has 0 radical (unpaired) electrons. The average molecular weight is 453 g/mol. The Bertz CT molecular complexity index is 1140. The van der Waals surface area contributed by atoms with Gasteiger partial charge in [-0.25, -0.2) is 21.6 Å². The first-order valence-electron chi connectivity index (χ1n) is 9.47. The van der Waals surface area contributed by atoms with Crippen LogP contribution in [0.4, 0.5) is 5.69 Å². The normalized spacial score (nSPS) is 15.5. The zero-order valence-corrected chi connectivity index (χ0v) is 18.4. The minimum atomic E-state index is -3.97. The topological polar surface area (TPSA) is 110 Å². The number of rotatable bonds is 6. The molecule has 0 aromatic heterocycles. The number of methoxy groups -OCH3 is 1. The van der Waals surface area contributed by atoms with Crippen LogP contribution in [0.5, 0.6) is 0 Å². The van der Waals surface area contributed by atoms with Crippen molar-refractivity contribution in [1.82, 2.24) is 4.31 Å². The Labute approximate surface area is 177 Å². The van der Waals surface area contributed by atoms with Crippen molar-refractivity contribution in [1.29, 1.82) is 0 Å². The molecule has 30 heavy (non-hydrogen) atoms. The second kappa shape index (κ2) is 8.75. The van der Waals surface area contributed by atoms with Crippen LogP contribution in [0, 0.1) is 6.92 Å². The second-order valence-electron chi connectivity index (χ2n) is 7.07. The molecule has 1 saturated heterocycles. The van der Waals surface area contributed by atoms with Gasteiger partial charge in [-0.2, -0.15) is 4.31 Å². The molecule has 0 unspecified atom stereocenters. The van der Waals surface area contributed by atoms with Gasteiger partial charge in [0, 0.05) is 13.1 Å². The van der Waals surface area contributed by atoms with E-state index in [1.54, 1.807) is 13.0 Å². The SMILES string of the molecule is COC(=O)c1ccc(S(=O)(=O)Nc2ccc(C)c(S(=O)(=O)N3CCCCC3)c2)cc1. The Morgan fingerprint density at radius 3 is 2.20 bits per heavy atom. The molecule has 8 nitrogen and oxygen atoms in total. The zero-order valence-electron chi connectivity index (χ0n) is 16.8. The molecule has 1 fully saturated rings. The van der Waals surface area contributed by atoms with E-state index in [1.165, 1.54) is 47.8 Å². The first kappa shape index (κ1) is 22.3. The van der Waals surface area contributed by atoms with Crippen molar-refractivity contribution in [2.75, 3.05) is 24.9 Å². The predicted molar refractivity (Wildman–Crippen MR) is 112 cm³/mol. The van der Waals surface area contributed by atoms with Crippen LogP contribution in [0.3, 0.4) is 0 Å². The number of hydrogen-bond acceptors (Lipinski definition) is 6. The third kappa shape index (κ3) is 4.66. The third-order valence-corrected chi connectivity index (χ3v) is 8.40. The van der Waals surface area contributed by atoms with Gasteiger partial charge in [0.1, 0.15) is 0 Å². The molecule has 2 aromatic carbocycles. The summed E-state index contributed by atoms with van der Waals surface area (Å²) in [5.74, 6) is -0.571. The molecule has 0 amide bonds. The van der Waals surface area contributed by atoms with Crippen LogP contribution in [0.25, 0.3) is 0 Å². The second-order valence-corrected chi connectivity index (χ2v) is 10.7. The summed E-state index contributed by atoms with van der Waals surface area (Å²) in [7, 11) is -6.44. The summed E-state index contributed by atoms with van der Waals surface area (Å²) in [6, 6.07) is 9.71. The van der Waals surface area contributed by atoms with Gasteiger partial charge in [-0.1, -0.05) is 12.5 Å². The van der Waals surface area contributed by atoms with Crippen LogP contribution in [0.1, 0.15) is 35.2 Å². The van der Waals surface area contributed by atoms with Gasteiger partial charge in [-0.15, -0.1) is 0 Å². The van der Waals surface area contributed by atoms with Crippen molar-refractivity contribution < 1.29 is 26.4 Å². The smallest absolute Gasteiger partial charge is 0.337 e. The fraction of sp³-hybridized carbons (Fsp3) is 0.350. The molecule has 1 aliphatic rings. The number of benzene rings is 2. The Hall–Kier alpha value is -2.43. The molecular weight excluding hydrogens is 428 g/mol. The van der Waals surface area contributed by atoms with E-state index in [2.05, 4.69) is 9.46 Å². The summed E-state index contributed by atoms with van der Waals surface area (Å²) in [6.45, 7) is 2.61. The molecule has 10 heteroatoms. The Morgan fingerprint density at radius 2 is 1.60 bits per heavy atom. The van der Waals surface area contributed by atoms with E-state index in [9.17, 15) is 21.6 Å². The predicted octanol–water partition coefficient (Wildman–Crippen LogP) is 2.76. The third-order valence-electron chi connectivity index (χ3n) is 4.96. The lowest BCUT2D eigenvalue weighted by molar-refractivity contribution is 0.0600. The van der Waals surface area contributed by atoms with Gasteiger partial charge < -0.3 is 4.74 Å². The van der Waals surface area contributed by atoms with Gasteiger partial charge in [0.05, 0.1) is 28.2 Å². The standard InChI is InChI=1S/C20H24N2O6S2/c1-15-6-9-17(14-19(15)30(26,27)22-12-4-3-5-13-22)21-29(24,25)18-10-7-16(8-11-18)20(23)28-2/h6-11,14,21H,3-5,12-13H2,1-2H3. The fourth-order valence-corrected chi connectivity index (χ4v) is 6.11. The number of nitrogens with zero attached hydrogens (tertiary/aromatic N) is 1. The van der Waals surface area contributed by atoms with Crippen LogP contribution in [-0.4, -0.2) is 47.3 Å². The largest absolute Gasteiger partial charge is 0.465 e. The molecule has 0 bridgehead atoms. The number of nitrogens with one attached hydrogen (secondary N) is 1. The highest BCUT2D eigenvalue weighted by Gasteiger charge is 2.28. The van der Waals surface area contributed by atoms with Gasteiger partial charge in [-0.05, 0) is 61.7 Å². The molecule has 0 atom stereocenters. The van der Waals surface area contributed by atoms with Crippen molar-refractivity contribution in [2.24, 2.45) is 0 Å². The lowest BCUT2D eigenvalue weighted by Crippen LogP contribution is -2.36. The first-order valence-corrected chi connectivity index (χ1v) is 12.4. The van der Waals surface area contributed by atoms with E-state index in [4.69, 9.17) is 0 Å². The minimum Gasteiger partial charge on any atom is -0.465 e. The number of ether oxygens (including phenoxy) is 1. The van der Waals surface area contributed by atoms with Gasteiger partial charge in [0.2, 0.25) is 10.0 Å². The minimum absolute atomic E-state index is 0.0591. The van der Waals surface area contributed by atoms with Crippen LogP contribution in [-0.2, 0) is 24.8 Å². The van der Waals surface area contributed by atoms with E-state index in [-0.39, 0.29) is 21.0 Å². The monoisotopic (exact) mass is 452 g/mol. The van der Waals surface area contributed by atoms with Crippen molar-refractivity contribution in [3.05, 3.63) is 53.6 Å². The molecular formula is C20H24N2O6S2. The van der Waals surface area contributed by atoms with Crippen molar-refractivity contribution >= 4 is 31.7 Å². The lowest BCUT2D eigenvalue weighted by atomic mass is 10.2. The highest BCUT2D eigenvalue weighted by Crippen LogP contribution is 2.27. The summed E-state index contributed by atoms with van der Waals surface area (Å²) >= 11 is 0. The Balaban J connectivity index is 1.88. The van der Waals surface area contributed by atoms with Crippen LogP contribution in [0.15, 0.2) is 52.3 Å². The Kier molecular flexibility index (Phi) is 6.49. The van der Waals surface area contributed by atoms with E-state index in [1.807, 2.05) is 0 Å². The summed E-state index contributed by atoms with van der Waals surface area (Å²) < 4.78 is 59.9. The van der Waals surface area contributed by atoms with E-state index in [0.29, 0.717) is 18.7 Å². The van der Waals surface area contributed by atoms with E-state index < -0.39 is 26.0 Å². The fourth-order valence-electron chi connectivity index (χ4n) is 3.29. The van der Waals surface area contributed by atoms with Crippen molar-refractivity contribution in [2.45, 2.75) is 36.0 Å². The lowest BCUT2D eigenvalue weighted by Gasteiger charge is -2.26. The first-order chi connectivity index (χ1) is 14.1. The van der Waals surface area contributed by atoms with Gasteiger partial charge >= 0.3 is 5.97 Å². The Morgan fingerprint density at radius 1 is 0.967 bits per heavy atom. The van der Waals surface area contributed by atoms with Crippen molar-refractivity contribution in [3.63, 3.8) is 0 Å². The average Bonchev–Trinajstić information content (AvgIpc) is 2.75. The number of carbonyl (C=O) groups is 1. The molecule has 1 aliphatic heterocycles. The number of sulfonamides is 2. The number of esters is 1. The molecule has 0 aliphatic carbocycles. The number of piperidine rings is 1. The van der Waals surface area contributed by atoms with E-state index in [0.717, 1.165) is 19.3 Å². The highest BCUT2D eigenvalue weighted by atomic mass is 32.2. The number of aryl methyl sites for hydroxylation is 1. The summed E-state index contributed by atoms with van der Waals surface area (Å²) in [5.41, 5.74) is 0.917. The maximum Gasteiger partial charge on any atom is 0.337 e. The molecule has 1 N–H and O–H groups in total. The summed E-state index contributed by atoms with van der Waals surface area (Å²) in [5, 5.41) is 0. The molecule has 3 rings (SSSR count). The van der Waals surface area contributed by atoms with Gasteiger partial charge in [0.15, 0.2) is 0 Å². The van der Waals surface area contributed by atoms with Gasteiger partial charge in [0.25, 0.3) is 10.0 Å². The number of hydrogen-bond donors (Lipinski definition) is 1. The maximum absolute atomic E-state index is 13.0. The van der Waals surface area contributed by atoms with Crippen LogP contribution < -0.4 is 4.72 Å². The molecule has 0 saturated carbocycles. The van der Waals surface area contributed by atoms with Crippen LogP contribution in [0.2, 0.25) is 0 Å².